The number of ether oxygens (including phenoxy) is 1. The van der Waals surface area contributed by atoms with Crippen molar-refractivity contribution in [1.29, 1.82) is 0 Å². The van der Waals surface area contributed by atoms with E-state index in [9.17, 15) is 8.42 Å². The maximum absolute atomic E-state index is 11.5. The molecule has 0 N–H and O–H groups in total. The summed E-state index contributed by atoms with van der Waals surface area (Å²) in [5.41, 5.74) is 0. The first-order valence-electron chi connectivity index (χ1n) is 7.71. The minimum Gasteiger partial charge on any atom is -0.473 e. The van der Waals surface area contributed by atoms with Crippen molar-refractivity contribution >= 4 is 15.8 Å². The zero-order valence-electron chi connectivity index (χ0n) is 12.8. The van der Waals surface area contributed by atoms with Gasteiger partial charge < -0.3 is 9.64 Å². The molecule has 0 saturated carbocycles. The van der Waals surface area contributed by atoms with Gasteiger partial charge in [-0.3, -0.25) is 0 Å². The van der Waals surface area contributed by atoms with Crippen LogP contribution in [0.3, 0.4) is 0 Å². The Labute approximate surface area is 131 Å². The number of hydrogen-bond donors (Lipinski definition) is 0. The molecule has 3 rings (SSSR count). The molecular weight excluding hydrogens is 304 g/mol. The van der Waals surface area contributed by atoms with Crippen LogP contribution in [0.4, 0.5) is 5.82 Å². The van der Waals surface area contributed by atoms with E-state index >= 15 is 0 Å². The molecule has 0 aromatic carbocycles. The molecule has 3 heterocycles. The van der Waals surface area contributed by atoms with Crippen LogP contribution in [0, 0.1) is 0 Å². The van der Waals surface area contributed by atoms with Crippen molar-refractivity contribution in [3.05, 3.63) is 12.4 Å². The summed E-state index contributed by atoms with van der Waals surface area (Å²) in [6, 6.07) is 1.86. The molecule has 7 nitrogen and oxygen atoms in total. The molecule has 0 unspecified atom stereocenters. The van der Waals surface area contributed by atoms with Crippen molar-refractivity contribution in [1.82, 2.24) is 14.3 Å². The third-order valence-electron chi connectivity index (χ3n) is 4.17. The Morgan fingerprint density at radius 3 is 2.64 bits per heavy atom. The van der Waals surface area contributed by atoms with E-state index in [-0.39, 0.29) is 6.10 Å². The molecule has 22 heavy (non-hydrogen) atoms. The number of anilines is 1. The highest BCUT2D eigenvalue weighted by Gasteiger charge is 2.30. The molecule has 1 aromatic rings. The fraction of sp³-hybridized carbons (Fsp3) is 0.714. The Kier molecular flexibility index (Phi) is 4.49. The van der Waals surface area contributed by atoms with Gasteiger partial charge in [0.2, 0.25) is 15.9 Å². The van der Waals surface area contributed by atoms with Crippen LogP contribution in [0.2, 0.25) is 0 Å². The van der Waals surface area contributed by atoms with Crippen molar-refractivity contribution in [2.24, 2.45) is 0 Å². The van der Waals surface area contributed by atoms with Gasteiger partial charge in [0, 0.05) is 25.7 Å². The molecule has 1 atom stereocenters. The average Bonchev–Trinajstić information content (AvgIpc) is 2.97. The number of sulfonamides is 1. The van der Waals surface area contributed by atoms with E-state index in [0.29, 0.717) is 25.4 Å². The Balaban J connectivity index is 1.63. The van der Waals surface area contributed by atoms with Crippen LogP contribution in [0.15, 0.2) is 12.4 Å². The molecule has 2 saturated heterocycles. The molecule has 0 radical (unpaired) electrons. The van der Waals surface area contributed by atoms with Gasteiger partial charge in [-0.2, -0.15) is 4.31 Å². The standard InChI is InChI=1S/C14H22N4O3S/c1-22(19,20)18-8-5-12(10-18)21-14-9-13(15-11-16-14)17-6-3-2-4-7-17/h9,11-12H,2-8,10H2,1H3/t12-/m1/s1. The highest BCUT2D eigenvalue weighted by molar-refractivity contribution is 7.88. The minimum absolute atomic E-state index is 0.140. The van der Waals surface area contributed by atoms with E-state index < -0.39 is 10.0 Å². The van der Waals surface area contributed by atoms with E-state index in [2.05, 4.69) is 14.9 Å². The Morgan fingerprint density at radius 2 is 1.95 bits per heavy atom. The lowest BCUT2D eigenvalue weighted by molar-refractivity contribution is 0.206. The second-order valence-electron chi connectivity index (χ2n) is 5.91. The lowest BCUT2D eigenvalue weighted by Crippen LogP contribution is -2.31. The summed E-state index contributed by atoms with van der Waals surface area (Å²) in [4.78, 5) is 10.7. The van der Waals surface area contributed by atoms with E-state index in [0.717, 1.165) is 18.9 Å². The van der Waals surface area contributed by atoms with E-state index in [4.69, 9.17) is 4.74 Å². The zero-order chi connectivity index (χ0) is 15.6. The first-order valence-corrected chi connectivity index (χ1v) is 9.56. The van der Waals surface area contributed by atoms with Gasteiger partial charge in [-0.1, -0.05) is 0 Å². The lowest BCUT2D eigenvalue weighted by atomic mass is 10.1. The Hall–Kier alpha value is -1.41. The highest BCUT2D eigenvalue weighted by Crippen LogP contribution is 2.23. The van der Waals surface area contributed by atoms with Crippen LogP contribution in [0.25, 0.3) is 0 Å². The quantitative estimate of drug-likeness (QED) is 0.817. The second kappa shape index (κ2) is 6.37. The van der Waals surface area contributed by atoms with Gasteiger partial charge in [0.25, 0.3) is 0 Å². The fourth-order valence-corrected chi connectivity index (χ4v) is 3.83. The molecule has 0 spiro atoms. The number of rotatable bonds is 4. The third kappa shape index (κ3) is 3.67. The van der Waals surface area contributed by atoms with Crippen LogP contribution in [-0.4, -0.2) is 61.2 Å². The molecule has 0 amide bonds. The van der Waals surface area contributed by atoms with Crippen LogP contribution in [0.5, 0.6) is 5.88 Å². The number of hydrogen-bond acceptors (Lipinski definition) is 6. The zero-order valence-corrected chi connectivity index (χ0v) is 13.6. The van der Waals surface area contributed by atoms with Crippen LogP contribution in [-0.2, 0) is 10.0 Å². The van der Waals surface area contributed by atoms with Gasteiger partial charge in [0.15, 0.2) is 0 Å². The second-order valence-corrected chi connectivity index (χ2v) is 7.89. The molecule has 2 aliphatic rings. The molecule has 0 bridgehead atoms. The van der Waals surface area contributed by atoms with Crippen LogP contribution in [0.1, 0.15) is 25.7 Å². The first kappa shape index (κ1) is 15.5. The average molecular weight is 326 g/mol. The minimum atomic E-state index is -3.14. The van der Waals surface area contributed by atoms with Gasteiger partial charge in [0.1, 0.15) is 18.2 Å². The predicted molar refractivity (Wildman–Crippen MR) is 83.5 cm³/mol. The van der Waals surface area contributed by atoms with Crippen molar-refractivity contribution in [3.63, 3.8) is 0 Å². The van der Waals surface area contributed by atoms with Gasteiger partial charge in [-0.25, -0.2) is 18.4 Å². The summed E-state index contributed by atoms with van der Waals surface area (Å²) in [7, 11) is -3.14. The van der Waals surface area contributed by atoms with Crippen molar-refractivity contribution in [2.75, 3.05) is 37.3 Å². The largest absolute Gasteiger partial charge is 0.473 e. The first-order chi connectivity index (χ1) is 10.5. The molecule has 1 aromatic heterocycles. The smallest absolute Gasteiger partial charge is 0.218 e. The summed E-state index contributed by atoms with van der Waals surface area (Å²) in [5, 5.41) is 0. The van der Waals surface area contributed by atoms with Gasteiger partial charge in [0.05, 0.1) is 12.8 Å². The van der Waals surface area contributed by atoms with E-state index in [1.165, 1.54) is 36.2 Å². The van der Waals surface area contributed by atoms with Crippen LogP contribution >= 0.6 is 0 Å². The van der Waals surface area contributed by atoms with Gasteiger partial charge >= 0.3 is 0 Å². The van der Waals surface area contributed by atoms with Crippen molar-refractivity contribution in [2.45, 2.75) is 31.8 Å². The molecular formula is C14H22N4O3S. The number of nitrogens with zero attached hydrogens (tertiary/aromatic N) is 4. The molecule has 0 aliphatic carbocycles. The summed E-state index contributed by atoms with van der Waals surface area (Å²) in [6.07, 6.45) is 6.94. The van der Waals surface area contributed by atoms with Crippen molar-refractivity contribution in [3.8, 4) is 5.88 Å². The molecule has 2 aliphatic heterocycles. The topological polar surface area (TPSA) is 75.6 Å². The van der Waals surface area contributed by atoms with Gasteiger partial charge in [-0.05, 0) is 25.7 Å². The summed E-state index contributed by atoms with van der Waals surface area (Å²) < 4.78 is 30.4. The molecule has 2 fully saturated rings. The summed E-state index contributed by atoms with van der Waals surface area (Å²) >= 11 is 0. The Bertz CT molecular complexity index is 616. The van der Waals surface area contributed by atoms with E-state index in [1.807, 2.05) is 6.07 Å². The third-order valence-corrected chi connectivity index (χ3v) is 5.44. The van der Waals surface area contributed by atoms with E-state index in [1.54, 1.807) is 0 Å². The normalized spacial score (nSPS) is 23.7. The predicted octanol–water partition coefficient (Wildman–Crippen LogP) is 0.880. The molecule has 8 heteroatoms. The van der Waals surface area contributed by atoms with Gasteiger partial charge in [-0.15, -0.1) is 0 Å². The fourth-order valence-electron chi connectivity index (χ4n) is 2.96. The number of piperidine rings is 1. The Morgan fingerprint density at radius 1 is 1.18 bits per heavy atom. The monoisotopic (exact) mass is 326 g/mol. The maximum atomic E-state index is 11.5. The summed E-state index contributed by atoms with van der Waals surface area (Å²) in [6.45, 7) is 2.93. The molecule has 122 valence electrons. The van der Waals surface area contributed by atoms with Crippen molar-refractivity contribution < 1.29 is 13.2 Å². The maximum Gasteiger partial charge on any atom is 0.218 e. The summed E-state index contributed by atoms with van der Waals surface area (Å²) in [5.74, 6) is 1.42. The lowest BCUT2D eigenvalue weighted by Gasteiger charge is -2.27. The number of aromatic nitrogens is 2. The highest BCUT2D eigenvalue weighted by atomic mass is 32.2. The van der Waals surface area contributed by atoms with Crippen LogP contribution < -0.4 is 9.64 Å². The SMILES string of the molecule is CS(=O)(=O)N1CC[C@@H](Oc2cc(N3CCCCC3)ncn2)C1.